The molecule has 1 aromatic rings. The van der Waals surface area contributed by atoms with E-state index in [0.29, 0.717) is 17.1 Å². The highest BCUT2D eigenvalue weighted by atomic mass is 35.5. The Morgan fingerprint density at radius 2 is 2.10 bits per heavy atom. The highest BCUT2D eigenvalue weighted by Gasteiger charge is 2.27. The highest BCUT2D eigenvalue weighted by molar-refractivity contribution is 7.89. The van der Waals surface area contributed by atoms with Crippen molar-refractivity contribution >= 4 is 33.2 Å². The third-order valence-corrected chi connectivity index (χ3v) is 5.66. The number of sulfonamides is 1. The van der Waals surface area contributed by atoms with Crippen molar-refractivity contribution in [1.82, 2.24) is 9.62 Å². The predicted octanol–water partition coefficient (Wildman–Crippen LogP) is 1.43. The van der Waals surface area contributed by atoms with Gasteiger partial charge in [-0.3, -0.25) is 0 Å². The third kappa shape index (κ3) is 3.44. The topological polar surface area (TPSA) is 75.4 Å². The number of nitrogens with two attached hydrogens (primary N) is 1. The zero-order valence-corrected chi connectivity index (χ0v) is 13.4. The van der Waals surface area contributed by atoms with Gasteiger partial charge in [0, 0.05) is 24.2 Å². The van der Waals surface area contributed by atoms with Crippen LogP contribution < -0.4 is 10.5 Å². The van der Waals surface area contributed by atoms with Crippen molar-refractivity contribution in [3.8, 4) is 0 Å². The van der Waals surface area contributed by atoms with Gasteiger partial charge in [0.1, 0.15) is 4.90 Å². The summed E-state index contributed by atoms with van der Waals surface area (Å²) in [5.41, 5.74) is 6.10. The molecule has 1 fully saturated rings. The summed E-state index contributed by atoms with van der Waals surface area (Å²) < 4.78 is 27.5. The fourth-order valence-electron chi connectivity index (χ4n) is 2.25. The molecule has 0 saturated carbocycles. The van der Waals surface area contributed by atoms with Gasteiger partial charge in [-0.05, 0) is 37.7 Å². The monoisotopic (exact) mass is 337 g/mol. The normalized spacial score (nSPS) is 20.5. The van der Waals surface area contributed by atoms with E-state index in [9.17, 15) is 8.42 Å². The number of likely N-dealkylation sites (tertiary alicyclic amines) is 1. The maximum atomic E-state index is 12.4. The first-order valence-electron chi connectivity index (χ1n) is 6.22. The first kappa shape index (κ1) is 16.0. The molecule has 3 N–H and O–H groups in total. The largest absolute Gasteiger partial charge is 0.326 e. The molecular weight excluding hydrogens is 321 g/mol. The molecule has 1 aromatic carbocycles. The van der Waals surface area contributed by atoms with Crippen molar-refractivity contribution in [2.75, 3.05) is 20.1 Å². The molecule has 8 heteroatoms. The summed E-state index contributed by atoms with van der Waals surface area (Å²) in [5, 5.41) is 0.475. The van der Waals surface area contributed by atoms with Gasteiger partial charge < -0.3 is 10.6 Å². The summed E-state index contributed by atoms with van der Waals surface area (Å²) in [4.78, 5) is 2.10. The Labute approximate surface area is 129 Å². The molecule has 1 aliphatic rings. The third-order valence-electron chi connectivity index (χ3n) is 3.32. The number of likely N-dealkylation sites (N-methyl/N-ethyl adjacent to an activating group) is 1. The van der Waals surface area contributed by atoms with E-state index in [2.05, 4.69) is 9.62 Å². The Hall–Kier alpha value is -0.370. The Morgan fingerprint density at radius 1 is 1.40 bits per heavy atom. The lowest BCUT2D eigenvalue weighted by Crippen LogP contribution is -2.36. The molecule has 0 amide bonds. The smallest absolute Gasteiger partial charge is 0.242 e. The maximum absolute atomic E-state index is 12.4. The van der Waals surface area contributed by atoms with Crippen molar-refractivity contribution in [3.05, 3.63) is 27.7 Å². The quantitative estimate of drug-likeness (QED) is 0.871. The lowest BCUT2D eigenvalue weighted by molar-refractivity contribution is 0.407. The Kier molecular flexibility index (Phi) is 4.94. The minimum atomic E-state index is -3.67. The fourth-order valence-corrected chi connectivity index (χ4v) is 4.38. The number of nitrogens with one attached hydrogen (secondary N) is 1. The fraction of sp³-hybridized carbons (Fsp3) is 0.500. The second-order valence-corrected chi connectivity index (χ2v) is 7.44. The number of halogens is 2. The van der Waals surface area contributed by atoms with Crippen LogP contribution in [0.5, 0.6) is 0 Å². The first-order chi connectivity index (χ1) is 9.33. The SMILES string of the molecule is CN1CCC(NS(=O)(=O)c2cc(CN)c(Cl)cc2Cl)C1. The van der Waals surface area contributed by atoms with E-state index in [1.807, 2.05) is 7.05 Å². The lowest BCUT2D eigenvalue weighted by atomic mass is 10.2. The zero-order chi connectivity index (χ0) is 14.9. The summed E-state index contributed by atoms with van der Waals surface area (Å²) in [6, 6.07) is 2.75. The van der Waals surface area contributed by atoms with Crippen molar-refractivity contribution in [1.29, 1.82) is 0 Å². The van der Waals surface area contributed by atoms with E-state index in [1.165, 1.54) is 12.1 Å². The Morgan fingerprint density at radius 3 is 2.65 bits per heavy atom. The van der Waals surface area contributed by atoms with Gasteiger partial charge >= 0.3 is 0 Å². The van der Waals surface area contributed by atoms with Gasteiger partial charge in [0.05, 0.1) is 5.02 Å². The molecule has 0 aromatic heterocycles. The van der Waals surface area contributed by atoms with Gasteiger partial charge in [-0.25, -0.2) is 13.1 Å². The molecule has 20 heavy (non-hydrogen) atoms. The summed E-state index contributed by atoms with van der Waals surface area (Å²) >= 11 is 12.0. The van der Waals surface area contributed by atoms with Crippen LogP contribution in [0.2, 0.25) is 10.0 Å². The van der Waals surface area contributed by atoms with Crippen molar-refractivity contribution in [2.45, 2.75) is 23.9 Å². The van der Waals surface area contributed by atoms with Crippen molar-refractivity contribution < 1.29 is 8.42 Å². The van der Waals surface area contributed by atoms with Crippen LogP contribution in [0.3, 0.4) is 0 Å². The predicted molar refractivity (Wildman–Crippen MR) is 80.6 cm³/mol. The van der Waals surface area contributed by atoms with E-state index >= 15 is 0 Å². The van der Waals surface area contributed by atoms with Gasteiger partial charge in [-0.15, -0.1) is 0 Å². The molecule has 5 nitrogen and oxygen atoms in total. The molecule has 1 unspecified atom stereocenters. The standard InChI is InChI=1S/C12H17Cl2N3O2S/c1-17-3-2-9(7-17)16-20(18,19)12-4-8(6-15)10(13)5-11(12)14/h4-5,9,16H,2-3,6-7,15H2,1H3. The minimum Gasteiger partial charge on any atom is -0.326 e. The number of rotatable bonds is 4. The van der Waals surface area contributed by atoms with Crippen molar-refractivity contribution in [3.63, 3.8) is 0 Å². The molecule has 1 saturated heterocycles. The number of benzene rings is 1. The molecular formula is C12H17Cl2N3O2S. The number of hydrogen-bond donors (Lipinski definition) is 2. The molecule has 1 atom stereocenters. The van der Waals surface area contributed by atoms with E-state index in [1.54, 1.807) is 0 Å². The molecule has 112 valence electrons. The molecule has 0 aliphatic carbocycles. The minimum absolute atomic E-state index is 0.0265. The Bertz CT molecular complexity index is 607. The van der Waals surface area contributed by atoms with Crippen LogP contribution in [-0.2, 0) is 16.6 Å². The highest BCUT2D eigenvalue weighted by Crippen LogP contribution is 2.28. The molecule has 1 aliphatic heterocycles. The van der Waals surface area contributed by atoms with Gasteiger partial charge in [0.2, 0.25) is 10.0 Å². The van der Waals surface area contributed by atoms with E-state index in [4.69, 9.17) is 28.9 Å². The average Bonchev–Trinajstić information content (AvgIpc) is 2.73. The molecule has 0 radical (unpaired) electrons. The summed E-state index contributed by atoms with van der Waals surface area (Å²) in [6.45, 7) is 1.72. The lowest BCUT2D eigenvalue weighted by Gasteiger charge is -2.15. The molecule has 2 rings (SSSR count). The van der Waals surface area contributed by atoms with Crippen LogP contribution in [0.4, 0.5) is 0 Å². The maximum Gasteiger partial charge on any atom is 0.242 e. The second kappa shape index (κ2) is 6.17. The summed E-state index contributed by atoms with van der Waals surface area (Å²) in [6.07, 6.45) is 0.782. The zero-order valence-electron chi connectivity index (χ0n) is 11.1. The second-order valence-electron chi connectivity index (χ2n) is 4.95. The van der Waals surface area contributed by atoms with Gasteiger partial charge in [-0.2, -0.15) is 0 Å². The molecule has 0 spiro atoms. The summed E-state index contributed by atoms with van der Waals surface area (Å²) in [7, 11) is -1.72. The average molecular weight is 338 g/mol. The van der Waals surface area contributed by atoms with Crippen molar-refractivity contribution in [2.24, 2.45) is 5.73 Å². The van der Waals surface area contributed by atoms with Gasteiger partial charge in [0.15, 0.2) is 0 Å². The van der Waals surface area contributed by atoms with E-state index in [-0.39, 0.29) is 22.5 Å². The Balaban J connectivity index is 2.29. The number of hydrogen-bond acceptors (Lipinski definition) is 4. The van der Waals surface area contributed by atoms with Gasteiger partial charge in [0.25, 0.3) is 0 Å². The molecule has 0 bridgehead atoms. The summed E-state index contributed by atoms with van der Waals surface area (Å²) in [5.74, 6) is 0. The van der Waals surface area contributed by atoms with Gasteiger partial charge in [-0.1, -0.05) is 23.2 Å². The number of nitrogens with zero attached hydrogens (tertiary/aromatic N) is 1. The van der Waals surface area contributed by atoms with Crippen LogP contribution >= 0.6 is 23.2 Å². The van der Waals surface area contributed by atoms with Crippen LogP contribution in [-0.4, -0.2) is 39.5 Å². The van der Waals surface area contributed by atoms with E-state index < -0.39 is 10.0 Å². The van der Waals surface area contributed by atoms with Crippen LogP contribution in [0.1, 0.15) is 12.0 Å². The van der Waals surface area contributed by atoms with Crippen LogP contribution in [0.25, 0.3) is 0 Å². The van der Waals surface area contributed by atoms with Crippen LogP contribution in [0.15, 0.2) is 17.0 Å². The van der Waals surface area contributed by atoms with E-state index in [0.717, 1.165) is 13.0 Å². The van der Waals surface area contributed by atoms with Crippen LogP contribution in [0, 0.1) is 0 Å². The first-order valence-corrected chi connectivity index (χ1v) is 8.46. The molecule has 1 heterocycles.